The summed E-state index contributed by atoms with van der Waals surface area (Å²) in [5.74, 6) is -0.236. The molecule has 0 saturated carbocycles. The number of hydrogen-bond donors (Lipinski definition) is 0. The van der Waals surface area contributed by atoms with Crippen molar-refractivity contribution in [1.29, 1.82) is 0 Å². The molecule has 2 aromatic carbocycles. The summed E-state index contributed by atoms with van der Waals surface area (Å²) in [4.78, 5) is 6.39. The Hall–Kier alpha value is -2.16. The Morgan fingerprint density at radius 1 is 1.14 bits per heavy atom. The van der Waals surface area contributed by atoms with E-state index < -0.39 is 0 Å². The predicted molar refractivity (Wildman–Crippen MR) is 91.6 cm³/mol. The maximum atomic E-state index is 13.9. The number of hydrogen-bond acceptors (Lipinski definition) is 1. The van der Waals surface area contributed by atoms with Crippen molar-refractivity contribution in [3.63, 3.8) is 0 Å². The Morgan fingerprint density at radius 2 is 1.86 bits per heavy atom. The highest BCUT2D eigenvalue weighted by molar-refractivity contribution is 5.64. The Morgan fingerprint density at radius 3 is 2.55 bits per heavy atom. The first-order chi connectivity index (χ1) is 10.5. The van der Waals surface area contributed by atoms with Crippen LogP contribution in [-0.2, 0) is 6.42 Å². The molecule has 0 saturated heterocycles. The number of halogens is 1. The van der Waals surface area contributed by atoms with Gasteiger partial charge in [0.25, 0.3) is 0 Å². The van der Waals surface area contributed by atoms with E-state index in [-0.39, 0.29) is 5.82 Å². The number of aliphatic imine (C=N–C) groups is 1. The summed E-state index contributed by atoms with van der Waals surface area (Å²) >= 11 is 0. The Kier molecular flexibility index (Phi) is 5.31. The zero-order chi connectivity index (χ0) is 16.1. The summed E-state index contributed by atoms with van der Waals surface area (Å²) in [5, 5.41) is 0. The van der Waals surface area contributed by atoms with Crippen LogP contribution < -0.4 is 0 Å². The van der Waals surface area contributed by atoms with Crippen LogP contribution in [0.3, 0.4) is 0 Å². The lowest BCUT2D eigenvalue weighted by Crippen LogP contribution is -2.14. The third kappa shape index (κ3) is 3.94. The molecule has 0 aliphatic carbocycles. The van der Waals surface area contributed by atoms with Gasteiger partial charge >= 0.3 is 0 Å². The van der Waals surface area contributed by atoms with E-state index in [4.69, 9.17) is 0 Å². The zero-order valence-corrected chi connectivity index (χ0v) is 13.7. The predicted octanol–water partition coefficient (Wildman–Crippen LogP) is 4.64. The highest BCUT2D eigenvalue weighted by Crippen LogP contribution is 2.26. The van der Waals surface area contributed by atoms with Crippen molar-refractivity contribution in [2.75, 3.05) is 13.6 Å². The first kappa shape index (κ1) is 16.2. The van der Waals surface area contributed by atoms with E-state index in [0.717, 1.165) is 24.1 Å². The van der Waals surface area contributed by atoms with Gasteiger partial charge in [0.1, 0.15) is 5.82 Å². The molecule has 0 bridgehead atoms. The highest BCUT2D eigenvalue weighted by atomic mass is 19.1. The van der Waals surface area contributed by atoms with Crippen molar-refractivity contribution in [3.05, 3.63) is 64.5 Å². The molecule has 22 heavy (non-hydrogen) atoms. The van der Waals surface area contributed by atoms with Gasteiger partial charge in [0.05, 0.1) is 12.0 Å². The average Bonchev–Trinajstić information content (AvgIpc) is 2.50. The van der Waals surface area contributed by atoms with Gasteiger partial charge in [-0.3, -0.25) is 0 Å². The Bertz CT molecular complexity index is 677. The molecule has 116 valence electrons. The summed E-state index contributed by atoms with van der Waals surface area (Å²) in [5.41, 5.74) is 5.16. The maximum Gasteiger partial charge on any atom is 0.125 e. The molecule has 0 radical (unpaired) electrons. The van der Waals surface area contributed by atoms with Crippen molar-refractivity contribution < 1.29 is 4.39 Å². The normalized spacial score (nSPS) is 11.1. The number of benzene rings is 2. The van der Waals surface area contributed by atoms with Crippen molar-refractivity contribution in [2.45, 2.75) is 27.2 Å². The molecule has 0 aliphatic heterocycles. The second kappa shape index (κ2) is 7.21. The minimum Gasteiger partial charge on any atom is -0.366 e. The van der Waals surface area contributed by atoms with Crippen LogP contribution in [-0.4, -0.2) is 24.8 Å². The molecule has 2 rings (SSSR count). The lowest BCUT2D eigenvalue weighted by Gasteiger charge is -2.12. The van der Waals surface area contributed by atoms with Gasteiger partial charge in [0, 0.05) is 13.6 Å². The van der Waals surface area contributed by atoms with Crippen molar-refractivity contribution in [1.82, 2.24) is 4.90 Å². The standard InChI is InChI=1S/C19H23FN2/c1-5-22(4)13-21-19-12-18(20)11-17(15(19)3)10-16-9-7-6-8-14(16)2/h6-9,11-13H,5,10H2,1-4H3/b21-13+. The molecule has 0 spiro atoms. The highest BCUT2D eigenvalue weighted by Gasteiger charge is 2.09. The lowest BCUT2D eigenvalue weighted by atomic mass is 9.96. The van der Waals surface area contributed by atoms with Gasteiger partial charge in [-0.15, -0.1) is 0 Å². The van der Waals surface area contributed by atoms with E-state index in [1.54, 1.807) is 12.4 Å². The lowest BCUT2D eigenvalue weighted by molar-refractivity contribution is 0.552. The molecule has 0 atom stereocenters. The van der Waals surface area contributed by atoms with Crippen LogP contribution in [0.15, 0.2) is 41.4 Å². The Labute approximate surface area is 132 Å². The van der Waals surface area contributed by atoms with Crippen LogP contribution >= 0.6 is 0 Å². The van der Waals surface area contributed by atoms with Crippen LogP contribution in [0.2, 0.25) is 0 Å². The largest absolute Gasteiger partial charge is 0.366 e. The first-order valence-corrected chi connectivity index (χ1v) is 7.59. The van der Waals surface area contributed by atoms with Gasteiger partial charge in [-0.2, -0.15) is 0 Å². The quantitative estimate of drug-likeness (QED) is 0.580. The average molecular weight is 298 g/mol. The van der Waals surface area contributed by atoms with Crippen LogP contribution in [0.25, 0.3) is 0 Å². The second-order valence-corrected chi connectivity index (χ2v) is 5.63. The van der Waals surface area contributed by atoms with Gasteiger partial charge in [-0.25, -0.2) is 9.38 Å². The molecule has 0 fully saturated rings. The topological polar surface area (TPSA) is 15.6 Å². The summed E-state index contributed by atoms with van der Waals surface area (Å²) < 4.78 is 13.9. The van der Waals surface area contributed by atoms with Gasteiger partial charge in [0.2, 0.25) is 0 Å². The monoisotopic (exact) mass is 298 g/mol. The van der Waals surface area contributed by atoms with Gasteiger partial charge < -0.3 is 4.90 Å². The van der Waals surface area contributed by atoms with Crippen molar-refractivity contribution in [3.8, 4) is 0 Å². The van der Waals surface area contributed by atoms with Crippen molar-refractivity contribution in [2.24, 2.45) is 4.99 Å². The van der Waals surface area contributed by atoms with E-state index >= 15 is 0 Å². The third-order valence-electron chi connectivity index (χ3n) is 3.99. The first-order valence-electron chi connectivity index (χ1n) is 7.59. The van der Waals surface area contributed by atoms with E-state index in [2.05, 4.69) is 24.0 Å². The zero-order valence-electron chi connectivity index (χ0n) is 13.7. The fourth-order valence-electron chi connectivity index (χ4n) is 2.29. The third-order valence-corrected chi connectivity index (χ3v) is 3.99. The molecule has 2 nitrogen and oxygen atoms in total. The summed E-state index contributed by atoms with van der Waals surface area (Å²) in [6.45, 7) is 7.01. The fraction of sp³-hybridized carbons (Fsp3) is 0.316. The van der Waals surface area contributed by atoms with Crippen LogP contribution in [0.1, 0.15) is 29.2 Å². The molecule has 2 aromatic rings. The minimum atomic E-state index is -0.236. The molecular weight excluding hydrogens is 275 g/mol. The summed E-state index contributed by atoms with van der Waals surface area (Å²) in [7, 11) is 1.95. The van der Waals surface area contributed by atoms with Crippen molar-refractivity contribution >= 4 is 12.0 Å². The molecule has 0 amide bonds. The maximum absolute atomic E-state index is 13.9. The van der Waals surface area contributed by atoms with Crippen LogP contribution in [0, 0.1) is 19.7 Å². The number of rotatable bonds is 5. The second-order valence-electron chi connectivity index (χ2n) is 5.63. The number of nitrogens with zero attached hydrogens (tertiary/aromatic N) is 2. The smallest absolute Gasteiger partial charge is 0.125 e. The van der Waals surface area contributed by atoms with Gasteiger partial charge in [0.15, 0.2) is 0 Å². The van der Waals surface area contributed by atoms with Gasteiger partial charge in [-0.05, 0) is 61.6 Å². The summed E-state index contributed by atoms with van der Waals surface area (Å²) in [6.07, 6.45) is 2.47. The SMILES string of the molecule is CCN(C)/C=N/c1cc(F)cc(Cc2ccccc2C)c1C. The van der Waals surface area contributed by atoms with Gasteiger partial charge in [-0.1, -0.05) is 24.3 Å². The fourth-order valence-corrected chi connectivity index (χ4v) is 2.29. The molecular formula is C19H23FN2. The molecule has 0 unspecified atom stereocenters. The molecule has 3 heteroatoms. The van der Waals surface area contributed by atoms with E-state index in [1.807, 2.05) is 37.9 Å². The molecule has 0 heterocycles. The van der Waals surface area contributed by atoms with E-state index in [9.17, 15) is 4.39 Å². The van der Waals surface area contributed by atoms with Crippen LogP contribution in [0.4, 0.5) is 10.1 Å². The molecule has 0 aliphatic rings. The number of aryl methyl sites for hydroxylation is 1. The van der Waals surface area contributed by atoms with E-state index in [0.29, 0.717) is 5.69 Å². The summed E-state index contributed by atoms with van der Waals surface area (Å²) in [6, 6.07) is 11.3. The van der Waals surface area contributed by atoms with Crippen LogP contribution in [0.5, 0.6) is 0 Å². The van der Waals surface area contributed by atoms with E-state index in [1.165, 1.54) is 17.2 Å². The molecule has 0 aromatic heterocycles. The Balaban J connectivity index is 2.35. The minimum absolute atomic E-state index is 0.236. The molecule has 0 N–H and O–H groups in total.